The molecule has 0 saturated heterocycles. The van der Waals surface area contributed by atoms with Gasteiger partial charge in [0.2, 0.25) is 0 Å². The van der Waals surface area contributed by atoms with Gasteiger partial charge in [0.25, 0.3) is 0 Å². The number of hydrogen-bond donors (Lipinski definition) is 1. The van der Waals surface area contributed by atoms with Gasteiger partial charge in [0, 0.05) is 6.42 Å². The maximum Gasteiger partial charge on any atom is 0.134 e. The summed E-state index contributed by atoms with van der Waals surface area (Å²) in [7, 11) is 1.96. The van der Waals surface area contributed by atoms with Crippen molar-refractivity contribution < 1.29 is 0 Å². The third-order valence-electron chi connectivity index (χ3n) is 3.28. The molecule has 0 bridgehead atoms. The van der Waals surface area contributed by atoms with E-state index in [1.807, 2.05) is 7.05 Å². The molecule has 0 fully saturated rings. The molecule has 18 heavy (non-hydrogen) atoms. The highest BCUT2D eigenvalue weighted by Crippen LogP contribution is 2.19. The van der Waals surface area contributed by atoms with Crippen LogP contribution in [0.2, 0.25) is 0 Å². The lowest BCUT2D eigenvalue weighted by atomic mass is 10.1. The average Bonchev–Trinajstić information content (AvgIpc) is 2.85. The molecule has 0 amide bonds. The summed E-state index contributed by atoms with van der Waals surface area (Å²) in [5.41, 5.74) is 0. The summed E-state index contributed by atoms with van der Waals surface area (Å²) in [5.74, 6) is 0. The van der Waals surface area contributed by atoms with Crippen molar-refractivity contribution in [1.29, 1.82) is 0 Å². The third-order valence-corrected chi connectivity index (χ3v) is 4.45. The molecule has 1 atom stereocenters. The quantitative estimate of drug-likeness (QED) is 0.649. The predicted octanol–water partition coefficient (Wildman–Crippen LogP) is 4.11. The van der Waals surface area contributed by atoms with Gasteiger partial charge < -0.3 is 5.32 Å². The van der Waals surface area contributed by atoms with Crippen molar-refractivity contribution in [3.63, 3.8) is 0 Å². The van der Waals surface area contributed by atoms with Crippen LogP contribution < -0.4 is 5.32 Å². The lowest BCUT2D eigenvalue weighted by Crippen LogP contribution is -2.11. The van der Waals surface area contributed by atoms with Gasteiger partial charge in [-0.05, 0) is 20.4 Å². The van der Waals surface area contributed by atoms with Crippen molar-refractivity contribution in [2.45, 2.75) is 71.3 Å². The first-order chi connectivity index (χ1) is 8.77. The van der Waals surface area contributed by atoms with Crippen LogP contribution in [0.3, 0.4) is 0 Å². The Morgan fingerprint density at radius 1 is 1.06 bits per heavy atom. The zero-order valence-electron chi connectivity index (χ0n) is 12.0. The van der Waals surface area contributed by atoms with Crippen LogP contribution in [-0.2, 0) is 6.42 Å². The van der Waals surface area contributed by atoms with Gasteiger partial charge in [0.15, 0.2) is 0 Å². The molecule has 0 radical (unpaired) electrons. The van der Waals surface area contributed by atoms with E-state index in [-0.39, 0.29) is 0 Å². The van der Waals surface area contributed by atoms with E-state index in [4.69, 9.17) is 0 Å². The van der Waals surface area contributed by atoms with Crippen molar-refractivity contribution >= 4 is 11.3 Å². The Morgan fingerprint density at radius 3 is 2.39 bits per heavy atom. The van der Waals surface area contributed by atoms with Crippen LogP contribution in [0, 0.1) is 0 Å². The second kappa shape index (κ2) is 9.45. The SMILES string of the molecule is CCCCCCCCCc1nnc(C(C)NC)s1. The maximum atomic E-state index is 4.26. The number of aryl methyl sites for hydroxylation is 1. The molecular weight excluding hydrogens is 242 g/mol. The van der Waals surface area contributed by atoms with Crippen LogP contribution in [0.5, 0.6) is 0 Å². The van der Waals surface area contributed by atoms with Crippen molar-refractivity contribution in [1.82, 2.24) is 15.5 Å². The topological polar surface area (TPSA) is 37.8 Å². The molecule has 4 heteroatoms. The Bertz CT molecular complexity index is 312. The van der Waals surface area contributed by atoms with Crippen LogP contribution in [0.15, 0.2) is 0 Å². The van der Waals surface area contributed by atoms with E-state index in [0.717, 1.165) is 11.4 Å². The van der Waals surface area contributed by atoms with Crippen molar-refractivity contribution in [2.75, 3.05) is 7.05 Å². The average molecular weight is 269 g/mol. The number of hydrogen-bond acceptors (Lipinski definition) is 4. The zero-order chi connectivity index (χ0) is 13.2. The summed E-state index contributed by atoms with van der Waals surface area (Å²) >= 11 is 1.75. The molecule has 0 aliphatic rings. The number of unbranched alkanes of at least 4 members (excludes halogenated alkanes) is 6. The van der Waals surface area contributed by atoms with E-state index < -0.39 is 0 Å². The summed E-state index contributed by atoms with van der Waals surface area (Å²) in [6.07, 6.45) is 10.6. The van der Waals surface area contributed by atoms with Crippen LogP contribution in [0.25, 0.3) is 0 Å². The van der Waals surface area contributed by atoms with E-state index in [1.54, 1.807) is 11.3 Å². The minimum atomic E-state index is 0.324. The molecular formula is C14H27N3S. The largest absolute Gasteiger partial charge is 0.311 e. The van der Waals surface area contributed by atoms with E-state index in [2.05, 4.69) is 29.4 Å². The Hall–Kier alpha value is -0.480. The molecule has 1 aromatic heterocycles. The second-order valence-electron chi connectivity index (χ2n) is 4.92. The molecule has 0 aliphatic carbocycles. The first kappa shape index (κ1) is 15.6. The maximum absolute atomic E-state index is 4.26. The van der Waals surface area contributed by atoms with Crippen LogP contribution in [0.1, 0.15) is 74.9 Å². The second-order valence-corrected chi connectivity index (χ2v) is 6.01. The van der Waals surface area contributed by atoms with Gasteiger partial charge in [-0.1, -0.05) is 56.8 Å². The molecule has 0 spiro atoms. The number of nitrogens with zero attached hydrogens (tertiary/aromatic N) is 2. The Labute approximate surface area is 115 Å². The van der Waals surface area contributed by atoms with Gasteiger partial charge in [-0.2, -0.15) is 0 Å². The Balaban J connectivity index is 2.10. The molecule has 3 nitrogen and oxygen atoms in total. The fourth-order valence-corrected chi connectivity index (χ4v) is 2.85. The molecule has 1 aromatic rings. The fraction of sp³-hybridized carbons (Fsp3) is 0.857. The first-order valence-corrected chi connectivity index (χ1v) is 8.09. The van der Waals surface area contributed by atoms with Crippen LogP contribution in [0.4, 0.5) is 0 Å². The lowest BCUT2D eigenvalue weighted by Gasteiger charge is -2.02. The molecule has 1 N–H and O–H groups in total. The lowest BCUT2D eigenvalue weighted by molar-refractivity contribution is 0.588. The smallest absolute Gasteiger partial charge is 0.134 e. The van der Waals surface area contributed by atoms with Crippen molar-refractivity contribution in [3.8, 4) is 0 Å². The Morgan fingerprint density at radius 2 is 1.72 bits per heavy atom. The summed E-state index contributed by atoms with van der Waals surface area (Å²) in [5, 5.41) is 14.0. The summed E-state index contributed by atoms with van der Waals surface area (Å²) in [6, 6.07) is 0.324. The fourth-order valence-electron chi connectivity index (χ4n) is 1.90. The van der Waals surface area contributed by atoms with Gasteiger partial charge >= 0.3 is 0 Å². The number of nitrogens with one attached hydrogen (secondary N) is 1. The van der Waals surface area contributed by atoms with Gasteiger partial charge in [-0.25, -0.2) is 0 Å². The van der Waals surface area contributed by atoms with Crippen LogP contribution in [-0.4, -0.2) is 17.2 Å². The van der Waals surface area contributed by atoms with Crippen LogP contribution >= 0.6 is 11.3 Å². The van der Waals surface area contributed by atoms with Crippen molar-refractivity contribution in [3.05, 3.63) is 10.0 Å². The Kier molecular flexibility index (Phi) is 8.18. The highest BCUT2D eigenvalue weighted by atomic mass is 32.1. The van der Waals surface area contributed by atoms with Gasteiger partial charge in [0.05, 0.1) is 6.04 Å². The predicted molar refractivity (Wildman–Crippen MR) is 79.1 cm³/mol. The minimum absolute atomic E-state index is 0.324. The molecule has 1 heterocycles. The standard InChI is InChI=1S/C14H27N3S/c1-4-5-6-7-8-9-10-11-13-16-17-14(18-13)12(2)15-3/h12,15H,4-11H2,1-3H3. The minimum Gasteiger partial charge on any atom is -0.311 e. The molecule has 1 unspecified atom stereocenters. The molecule has 0 aliphatic heterocycles. The van der Waals surface area contributed by atoms with E-state index in [1.165, 1.54) is 50.0 Å². The molecule has 1 rings (SSSR count). The molecule has 0 aromatic carbocycles. The molecule has 0 saturated carbocycles. The van der Waals surface area contributed by atoms with E-state index in [9.17, 15) is 0 Å². The van der Waals surface area contributed by atoms with E-state index >= 15 is 0 Å². The molecule has 104 valence electrons. The van der Waals surface area contributed by atoms with E-state index in [0.29, 0.717) is 6.04 Å². The number of aromatic nitrogens is 2. The normalized spacial score (nSPS) is 12.8. The summed E-state index contributed by atoms with van der Waals surface area (Å²) in [6.45, 7) is 4.39. The summed E-state index contributed by atoms with van der Waals surface area (Å²) in [4.78, 5) is 0. The van der Waals surface area contributed by atoms with Gasteiger partial charge in [-0.15, -0.1) is 10.2 Å². The highest BCUT2D eigenvalue weighted by Gasteiger charge is 2.09. The first-order valence-electron chi connectivity index (χ1n) is 7.27. The summed E-state index contributed by atoms with van der Waals surface area (Å²) < 4.78 is 0. The monoisotopic (exact) mass is 269 g/mol. The van der Waals surface area contributed by atoms with Crippen molar-refractivity contribution in [2.24, 2.45) is 0 Å². The van der Waals surface area contributed by atoms with Gasteiger partial charge in [0.1, 0.15) is 10.0 Å². The number of rotatable bonds is 10. The zero-order valence-corrected chi connectivity index (χ0v) is 12.9. The third kappa shape index (κ3) is 5.91. The van der Waals surface area contributed by atoms with Gasteiger partial charge in [-0.3, -0.25) is 0 Å². The highest BCUT2D eigenvalue weighted by molar-refractivity contribution is 7.11.